The Morgan fingerprint density at radius 1 is 1.30 bits per heavy atom. The van der Waals surface area contributed by atoms with Gasteiger partial charge in [-0.2, -0.15) is 0 Å². The van der Waals surface area contributed by atoms with Crippen molar-refractivity contribution in [2.75, 3.05) is 26.7 Å². The van der Waals surface area contributed by atoms with Crippen molar-refractivity contribution >= 4 is 30.7 Å². The molecule has 0 fully saturated rings. The summed E-state index contributed by atoms with van der Waals surface area (Å²) in [5, 5.41) is 2.89. The summed E-state index contributed by atoms with van der Waals surface area (Å²) in [4.78, 5) is 13.7. The van der Waals surface area contributed by atoms with Gasteiger partial charge in [-0.25, -0.2) is 0 Å². The monoisotopic (exact) mass is 321 g/mol. The first-order valence-electron chi connectivity index (χ1n) is 6.33. The molecule has 0 aliphatic heterocycles. The number of nitrogens with one attached hydrogen (secondary N) is 1. The van der Waals surface area contributed by atoms with E-state index in [2.05, 4.69) is 22.3 Å². The normalized spacial score (nSPS) is 11.2. The third-order valence-electron chi connectivity index (χ3n) is 2.89. The van der Waals surface area contributed by atoms with Gasteiger partial charge in [-0.1, -0.05) is 37.3 Å². The average molecular weight is 322 g/mol. The third-order valence-corrected chi connectivity index (χ3v) is 2.89. The number of nitrogens with zero attached hydrogens (tertiary/aromatic N) is 1. The van der Waals surface area contributed by atoms with E-state index in [4.69, 9.17) is 5.73 Å². The average Bonchev–Trinajstić information content (AvgIpc) is 2.38. The molecule has 0 saturated carbocycles. The minimum absolute atomic E-state index is 0. The topological polar surface area (TPSA) is 58.4 Å². The van der Waals surface area contributed by atoms with Crippen LogP contribution in [0.5, 0.6) is 0 Å². The molecule has 1 rings (SSSR count). The fourth-order valence-electron chi connectivity index (χ4n) is 1.63. The van der Waals surface area contributed by atoms with Crippen LogP contribution in [-0.4, -0.2) is 37.5 Å². The third kappa shape index (κ3) is 8.38. The lowest BCUT2D eigenvalue weighted by atomic mass is 10.2. The van der Waals surface area contributed by atoms with E-state index in [-0.39, 0.29) is 36.6 Å². The number of benzene rings is 1. The molecule has 1 unspecified atom stereocenters. The smallest absolute Gasteiger partial charge is 0.224 e. The zero-order valence-corrected chi connectivity index (χ0v) is 13.7. The van der Waals surface area contributed by atoms with Crippen LogP contribution in [0.2, 0.25) is 0 Å². The fraction of sp³-hybridized carbons (Fsp3) is 0.500. The minimum Gasteiger partial charge on any atom is -0.355 e. The predicted molar refractivity (Wildman–Crippen MR) is 88.5 cm³/mol. The first-order chi connectivity index (χ1) is 8.63. The van der Waals surface area contributed by atoms with Crippen LogP contribution in [0.1, 0.15) is 12.5 Å². The number of carbonyl (C=O) groups excluding carboxylic acids is 1. The van der Waals surface area contributed by atoms with Crippen LogP contribution in [0.3, 0.4) is 0 Å². The van der Waals surface area contributed by atoms with E-state index in [1.165, 1.54) is 5.56 Å². The second kappa shape index (κ2) is 12.0. The Morgan fingerprint density at radius 3 is 2.45 bits per heavy atom. The van der Waals surface area contributed by atoms with Gasteiger partial charge in [0.05, 0.1) is 0 Å². The zero-order valence-electron chi connectivity index (χ0n) is 12.0. The Kier molecular flexibility index (Phi) is 12.9. The molecule has 0 heterocycles. The highest BCUT2D eigenvalue weighted by Gasteiger charge is 2.09. The second-order valence-electron chi connectivity index (χ2n) is 4.65. The van der Waals surface area contributed by atoms with Gasteiger partial charge in [0.15, 0.2) is 0 Å². The van der Waals surface area contributed by atoms with Gasteiger partial charge < -0.3 is 16.0 Å². The van der Waals surface area contributed by atoms with Gasteiger partial charge in [-0.05, 0) is 12.6 Å². The number of rotatable bonds is 7. The van der Waals surface area contributed by atoms with Gasteiger partial charge in [0.25, 0.3) is 0 Å². The van der Waals surface area contributed by atoms with Crippen LogP contribution < -0.4 is 11.1 Å². The van der Waals surface area contributed by atoms with E-state index in [0.29, 0.717) is 13.1 Å². The maximum atomic E-state index is 11.5. The molecular formula is C14H25Cl2N3O. The number of halogens is 2. The maximum absolute atomic E-state index is 11.5. The van der Waals surface area contributed by atoms with Crippen molar-refractivity contribution in [3.63, 3.8) is 0 Å². The van der Waals surface area contributed by atoms with Gasteiger partial charge in [0, 0.05) is 32.1 Å². The van der Waals surface area contributed by atoms with E-state index >= 15 is 0 Å². The first-order valence-corrected chi connectivity index (χ1v) is 6.33. The highest BCUT2D eigenvalue weighted by molar-refractivity contribution is 5.85. The molecular weight excluding hydrogens is 297 g/mol. The lowest BCUT2D eigenvalue weighted by Crippen LogP contribution is -2.37. The maximum Gasteiger partial charge on any atom is 0.224 e. The standard InChI is InChI=1S/C14H23N3O.2ClH/c1-12(10-15)14(18)16-8-9-17(2)11-13-6-4-3-5-7-13;;/h3-7,12H,8-11,15H2,1-2H3,(H,16,18);2*1H. The molecule has 0 saturated heterocycles. The fourth-order valence-corrected chi connectivity index (χ4v) is 1.63. The molecule has 0 bridgehead atoms. The van der Waals surface area contributed by atoms with Gasteiger partial charge >= 0.3 is 0 Å². The van der Waals surface area contributed by atoms with Gasteiger partial charge in [0.1, 0.15) is 0 Å². The number of hydrogen-bond donors (Lipinski definition) is 2. The van der Waals surface area contributed by atoms with Gasteiger partial charge in [-0.3, -0.25) is 4.79 Å². The number of hydrogen-bond acceptors (Lipinski definition) is 3. The summed E-state index contributed by atoms with van der Waals surface area (Å²) in [5.74, 6) is -0.0740. The number of likely N-dealkylation sites (N-methyl/N-ethyl adjacent to an activating group) is 1. The summed E-state index contributed by atoms with van der Waals surface area (Å²) in [6.45, 7) is 4.61. The van der Waals surface area contributed by atoms with E-state index in [1.807, 2.05) is 32.2 Å². The van der Waals surface area contributed by atoms with Crippen LogP contribution in [0.25, 0.3) is 0 Å². The zero-order chi connectivity index (χ0) is 13.4. The second-order valence-corrected chi connectivity index (χ2v) is 4.65. The Bertz CT molecular complexity index is 363. The SMILES string of the molecule is CC(CN)C(=O)NCCN(C)Cc1ccccc1.Cl.Cl. The number of carbonyl (C=O) groups is 1. The molecule has 0 aromatic heterocycles. The summed E-state index contributed by atoms with van der Waals surface area (Å²) >= 11 is 0. The Balaban J connectivity index is 0. The largest absolute Gasteiger partial charge is 0.355 e. The summed E-state index contributed by atoms with van der Waals surface area (Å²) in [7, 11) is 2.05. The summed E-state index contributed by atoms with van der Waals surface area (Å²) in [5.41, 5.74) is 6.71. The summed E-state index contributed by atoms with van der Waals surface area (Å²) in [6.07, 6.45) is 0. The van der Waals surface area contributed by atoms with E-state index in [1.54, 1.807) is 0 Å². The summed E-state index contributed by atoms with van der Waals surface area (Å²) < 4.78 is 0. The molecule has 6 heteroatoms. The predicted octanol–water partition coefficient (Wildman–Crippen LogP) is 1.67. The van der Waals surface area contributed by atoms with Crippen LogP contribution >= 0.6 is 24.8 Å². The van der Waals surface area contributed by atoms with Crippen molar-refractivity contribution in [1.82, 2.24) is 10.2 Å². The molecule has 0 spiro atoms. The highest BCUT2D eigenvalue weighted by Crippen LogP contribution is 2.01. The lowest BCUT2D eigenvalue weighted by molar-refractivity contribution is -0.124. The van der Waals surface area contributed by atoms with Crippen LogP contribution in [0, 0.1) is 5.92 Å². The van der Waals surface area contributed by atoms with E-state index in [9.17, 15) is 4.79 Å². The van der Waals surface area contributed by atoms with Gasteiger partial charge in [0.2, 0.25) is 5.91 Å². The highest BCUT2D eigenvalue weighted by atomic mass is 35.5. The minimum atomic E-state index is -0.107. The van der Waals surface area contributed by atoms with Crippen molar-refractivity contribution in [3.05, 3.63) is 35.9 Å². The number of amides is 1. The molecule has 1 atom stereocenters. The molecule has 3 N–H and O–H groups in total. The van der Waals surface area contributed by atoms with E-state index in [0.717, 1.165) is 13.1 Å². The molecule has 1 aromatic rings. The van der Waals surface area contributed by atoms with Crippen molar-refractivity contribution in [2.45, 2.75) is 13.5 Å². The van der Waals surface area contributed by atoms with E-state index < -0.39 is 0 Å². The molecule has 1 aromatic carbocycles. The van der Waals surface area contributed by atoms with Crippen LogP contribution in [0.4, 0.5) is 0 Å². The first kappa shape index (κ1) is 21.5. The number of nitrogens with two attached hydrogens (primary N) is 1. The van der Waals surface area contributed by atoms with Crippen molar-refractivity contribution in [2.24, 2.45) is 11.7 Å². The molecule has 0 aliphatic carbocycles. The molecule has 116 valence electrons. The lowest BCUT2D eigenvalue weighted by Gasteiger charge is -2.17. The summed E-state index contributed by atoms with van der Waals surface area (Å²) in [6, 6.07) is 10.3. The van der Waals surface area contributed by atoms with Crippen molar-refractivity contribution in [3.8, 4) is 0 Å². The van der Waals surface area contributed by atoms with Crippen LogP contribution in [-0.2, 0) is 11.3 Å². The molecule has 4 nitrogen and oxygen atoms in total. The Labute approximate surface area is 133 Å². The van der Waals surface area contributed by atoms with Crippen molar-refractivity contribution < 1.29 is 4.79 Å². The molecule has 0 radical (unpaired) electrons. The quantitative estimate of drug-likeness (QED) is 0.803. The molecule has 1 amide bonds. The van der Waals surface area contributed by atoms with Crippen LogP contribution in [0.15, 0.2) is 30.3 Å². The molecule has 0 aliphatic rings. The van der Waals surface area contributed by atoms with Gasteiger partial charge in [-0.15, -0.1) is 24.8 Å². The van der Waals surface area contributed by atoms with Crippen molar-refractivity contribution in [1.29, 1.82) is 0 Å². The molecule has 20 heavy (non-hydrogen) atoms. The Morgan fingerprint density at radius 2 is 1.90 bits per heavy atom. The Hall–Kier alpha value is -0.810.